The van der Waals surface area contributed by atoms with Gasteiger partial charge in [0, 0.05) is 5.33 Å². The molecule has 0 aromatic rings. The molecule has 0 unspecified atom stereocenters. The van der Waals surface area contributed by atoms with Gasteiger partial charge >= 0.3 is 25.4 Å². The van der Waals surface area contributed by atoms with Crippen molar-refractivity contribution in [1.82, 2.24) is 0 Å². The Morgan fingerprint density at radius 2 is 1.91 bits per heavy atom. The van der Waals surface area contributed by atoms with Gasteiger partial charge in [-0.05, 0) is 20.8 Å². The SMILES string of the molecule is CC(C)(C)OC(=O)CCBr.[Zn+2]. The van der Waals surface area contributed by atoms with Crippen LogP contribution >= 0.6 is 15.9 Å². The second-order valence-electron chi connectivity index (χ2n) is 3.03. The molecule has 0 N–H and O–H groups in total. The smallest absolute Gasteiger partial charge is 0.460 e. The molecule has 0 saturated heterocycles. The number of rotatable bonds is 2. The van der Waals surface area contributed by atoms with Crippen LogP contribution in [-0.4, -0.2) is 16.9 Å². The predicted molar refractivity (Wildman–Crippen MR) is 44.3 cm³/mol. The minimum Gasteiger partial charge on any atom is -0.460 e. The molecule has 11 heavy (non-hydrogen) atoms. The van der Waals surface area contributed by atoms with Crippen LogP contribution in [0.5, 0.6) is 0 Å². The third-order valence-electron chi connectivity index (χ3n) is 0.719. The van der Waals surface area contributed by atoms with Crippen LogP contribution in [0.4, 0.5) is 0 Å². The number of halogens is 1. The number of alkyl halides is 1. The normalized spacial score (nSPS) is 10.2. The van der Waals surface area contributed by atoms with Crippen molar-refractivity contribution in [3.05, 3.63) is 0 Å². The van der Waals surface area contributed by atoms with E-state index in [0.29, 0.717) is 11.8 Å². The van der Waals surface area contributed by atoms with Gasteiger partial charge < -0.3 is 4.74 Å². The zero-order valence-electron chi connectivity index (χ0n) is 7.32. The van der Waals surface area contributed by atoms with E-state index in [2.05, 4.69) is 15.9 Å². The summed E-state index contributed by atoms with van der Waals surface area (Å²) < 4.78 is 5.01. The van der Waals surface area contributed by atoms with Gasteiger partial charge in [-0.2, -0.15) is 0 Å². The van der Waals surface area contributed by atoms with Crippen LogP contribution in [0.2, 0.25) is 0 Å². The average molecular weight is 274 g/mol. The molecule has 0 saturated carbocycles. The summed E-state index contributed by atoms with van der Waals surface area (Å²) in [6.45, 7) is 5.58. The summed E-state index contributed by atoms with van der Waals surface area (Å²) in [5.41, 5.74) is -0.348. The molecule has 0 amide bonds. The predicted octanol–water partition coefficient (Wildman–Crippen LogP) is 2.11. The standard InChI is InChI=1S/C7H13BrO2.Zn/c1-7(2,3)10-6(9)4-5-8;/h4-5H2,1-3H3;/q;+2. The molecule has 0 rings (SSSR count). The molecule has 0 bridgehead atoms. The molecule has 4 heteroatoms. The molecule has 0 aliphatic heterocycles. The summed E-state index contributed by atoms with van der Waals surface area (Å²) in [6, 6.07) is 0. The van der Waals surface area contributed by atoms with Gasteiger partial charge in [-0.25, -0.2) is 0 Å². The monoisotopic (exact) mass is 272 g/mol. The first kappa shape index (κ1) is 14.1. The van der Waals surface area contributed by atoms with Gasteiger partial charge in [0.05, 0.1) is 6.42 Å². The molecule has 0 heterocycles. The zero-order valence-corrected chi connectivity index (χ0v) is 11.9. The van der Waals surface area contributed by atoms with Crippen molar-refractivity contribution in [3.8, 4) is 0 Å². The Balaban J connectivity index is 0. The maximum absolute atomic E-state index is 10.8. The van der Waals surface area contributed by atoms with Gasteiger partial charge in [-0.1, -0.05) is 15.9 Å². The summed E-state index contributed by atoms with van der Waals surface area (Å²) in [5.74, 6) is -0.149. The summed E-state index contributed by atoms with van der Waals surface area (Å²) in [4.78, 5) is 10.8. The zero-order chi connectivity index (χ0) is 8.20. The van der Waals surface area contributed by atoms with Crippen molar-refractivity contribution >= 4 is 21.9 Å². The summed E-state index contributed by atoms with van der Waals surface area (Å²) in [5, 5.41) is 0.669. The Bertz CT molecular complexity index is 120. The van der Waals surface area contributed by atoms with E-state index in [1.54, 1.807) is 0 Å². The minimum absolute atomic E-state index is 0. The second-order valence-corrected chi connectivity index (χ2v) is 3.82. The van der Waals surface area contributed by atoms with Gasteiger partial charge in [0.25, 0.3) is 0 Å². The van der Waals surface area contributed by atoms with Crippen LogP contribution in [0, 0.1) is 0 Å². The van der Waals surface area contributed by atoms with E-state index in [-0.39, 0.29) is 31.0 Å². The molecule has 0 aromatic heterocycles. The number of esters is 1. The molecule has 0 spiro atoms. The van der Waals surface area contributed by atoms with Crippen LogP contribution < -0.4 is 0 Å². The number of hydrogen-bond acceptors (Lipinski definition) is 2. The van der Waals surface area contributed by atoms with Gasteiger partial charge in [0.2, 0.25) is 0 Å². The third kappa shape index (κ3) is 10.6. The fourth-order valence-corrected chi connectivity index (χ4v) is 0.793. The number of ether oxygens (including phenoxy) is 1. The van der Waals surface area contributed by atoms with Crippen LogP contribution in [0.15, 0.2) is 0 Å². The van der Waals surface area contributed by atoms with Gasteiger partial charge in [-0.15, -0.1) is 0 Å². The van der Waals surface area contributed by atoms with E-state index in [1.807, 2.05) is 20.8 Å². The van der Waals surface area contributed by atoms with Crippen molar-refractivity contribution in [2.75, 3.05) is 5.33 Å². The molecule has 0 aliphatic rings. The van der Waals surface area contributed by atoms with Crippen molar-refractivity contribution < 1.29 is 29.0 Å². The minimum atomic E-state index is -0.348. The van der Waals surface area contributed by atoms with Crippen molar-refractivity contribution in [1.29, 1.82) is 0 Å². The van der Waals surface area contributed by atoms with Crippen molar-refractivity contribution in [2.24, 2.45) is 0 Å². The van der Waals surface area contributed by atoms with Gasteiger partial charge in [-0.3, -0.25) is 4.79 Å². The van der Waals surface area contributed by atoms with Crippen LogP contribution in [0.25, 0.3) is 0 Å². The van der Waals surface area contributed by atoms with E-state index in [0.717, 1.165) is 0 Å². The first-order valence-electron chi connectivity index (χ1n) is 3.23. The van der Waals surface area contributed by atoms with E-state index in [1.165, 1.54) is 0 Å². The fourth-order valence-electron chi connectivity index (χ4n) is 0.470. The van der Waals surface area contributed by atoms with E-state index >= 15 is 0 Å². The Morgan fingerprint density at radius 1 is 1.45 bits per heavy atom. The fraction of sp³-hybridized carbons (Fsp3) is 0.857. The Labute approximate surface area is 89.0 Å². The van der Waals surface area contributed by atoms with E-state index in [9.17, 15) is 4.79 Å². The quantitative estimate of drug-likeness (QED) is 0.438. The molecule has 0 fully saturated rings. The van der Waals surface area contributed by atoms with Crippen LogP contribution in [0.1, 0.15) is 27.2 Å². The second kappa shape index (κ2) is 6.13. The van der Waals surface area contributed by atoms with Crippen molar-refractivity contribution in [2.45, 2.75) is 32.8 Å². The first-order valence-corrected chi connectivity index (χ1v) is 4.35. The van der Waals surface area contributed by atoms with E-state index in [4.69, 9.17) is 4.74 Å². The largest absolute Gasteiger partial charge is 2.00 e. The average Bonchev–Trinajstić information content (AvgIpc) is 1.59. The third-order valence-corrected chi connectivity index (χ3v) is 1.12. The van der Waals surface area contributed by atoms with E-state index < -0.39 is 0 Å². The van der Waals surface area contributed by atoms with Gasteiger partial charge in [0.1, 0.15) is 5.60 Å². The Morgan fingerprint density at radius 3 is 2.18 bits per heavy atom. The number of carbonyl (C=O) groups is 1. The summed E-state index contributed by atoms with van der Waals surface area (Å²) in [7, 11) is 0. The maximum Gasteiger partial charge on any atom is 2.00 e. The van der Waals surface area contributed by atoms with Crippen LogP contribution in [-0.2, 0) is 29.0 Å². The summed E-state index contributed by atoms with van der Waals surface area (Å²) in [6.07, 6.45) is 0.442. The van der Waals surface area contributed by atoms with Gasteiger partial charge in [0.15, 0.2) is 0 Å². The molecule has 2 nitrogen and oxygen atoms in total. The number of hydrogen-bond donors (Lipinski definition) is 0. The molecule has 0 atom stereocenters. The summed E-state index contributed by atoms with van der Waals surface area (Å²) >= 11 is 3.16. The first-order chi connectivity index (χ1) is 4.45. The van der Waals surface area contributed by atoms with Crippen LogP contribution in [0.3, 0.4) is 0 Å². The Kier molecular flexibility index (Phi) is 7.87. The maximum atomic E-state index is 10.8. The Hall–Kier alpha value is 0.573. The topological polar surface area (TPSA) is 26.3 Å². The number of carbonyl (C=O) groups excluding carboxylic acids is 1. The molecule has 0 aliphatic carbocycles. The molecule has 0 aromatic carbocycles. The molecule has 60 valence electrons. The molecular formula is C7H13BrO2Zn+2. The van der Waals surface area contributed by atoms with Crippen molar-refractivity contribution in [3.63, 3.8) is 0 Å². The molecule has 0 radical (unpaired) electrons. The molecular weight excluding hydrogens is 261 g/mol.